The number of benzene rings is 2. The number of hydrogen-bond donors (Lipinski definition) is 1. The van der Waals surface area contributed by atoms with Crippen molar-refractivity contribution in [3.8, 4) is 0 Å². The van der Waals surface area contributed by atoms with E-state index >= 15 is 0 Å². The van der Waals surface area contributed by atoms with Gasteiger partial charge in [0, 0.05) is 5.56 Å². The Morgan fingerprint density at radius 2 is 1.35 bits per heavy atom. The predicted molar refractivity (Wildman–Crippen MR) is 83.4 cm³/mol. The second-order valence-corrected chi connectivity index (χ2v) is 5.07. The Balaban J connectivity index is 1.77. The molecule has 3 heteroatoms. The van der Waals surface area contributed by atoms with Crippen molar-refractivity contribution in [1.29, 1.82) is 0 Å². The van der Waals surface area contributed by atoms with Crippen LogP contribution in [-0.4, -0.2) is 18.1 Å². The highest BCUT2D eigenvalue weighted by molar-refractivity contribution is 6.08. The first-order valence-electron chi connectivity index (χ1n) is 6.73. The van der Waals surface area contributed by atoms with Gasteiger partial charge in [0.25, 0.3) is 0 Å². The molecule has 0 bridgehead atoms. The van der Waals surface area contributed by atoms with E-state index < -0.39 is 0 Å². The molecule has 1 heterocycles. The fraction of sp³-hybridized carbons (Fsp3) is 0.176. The number of hydrogen-bond acceptors (Lipinski definition) is 3. The zero-order valence-corrected chi connectivity index (χ0v) is 11.7. The molecule has 0 spiro atoms. The molecule has 0 saturated heterocycles. The van der Waals surface area contributed by atoms with E-state index in [0.717, 1.165) is 22.7 Å². The van der Waals surface area contributed by atoms with Gasteiger partial charge in [-0.3, -0.25) is 10.4 Å². The number of amidine groups is 1. The quantitative estimate of drug-likeness (QED) is 0.888. The maximum Gasteiger partial charge on any atom is 0.149 e. The van der Waals surface area contributed by atoms with Crippen molar-refractivity contribution in [2.45, 2.75) is 13.8 Å². The largest absolute Gasteiger partial charge is 0.261 e. The monoisotopic (exact) mass is 263 g/mol. The van der Waals surface area contributed by atoms with Crippen molar-refractivity contribution < 1.29 is 0 Å². The Morgan fingerprint density at radius 3 is 1.85 bits per heavy atom. The van der Waals surface area contributed by atoms with Gasteiger partial charge in [0.2, 0.25) is 0 Å². The molecule has 2 aromatic carbocycles. The number of nitrogens with one attached hydrogen (secondary N) is 1. The van der Waals surface area contributed by atoms with Gasteiger partial charge in [0.1, 0.15) is 5.84 Å². The van der Waals surface area contributed by atoms with E-state index in [-0.39, 0.29) is 0 Å². The van der Waals surface area contributed by atoms with Crippen molar-refractivity contribution in [3.63, 3.8) is 0 Å². The van der Waals surface area contributed by atoms with Gasteiger partial charge in [-0.05, 0) is 19.4 Å². The van der Waals surface area contributed by atoms with Gasteiger partial charge in [-0.2, -0.15) is 5.10 Å². The molecule has 2 aromatic rings. The molecule has 1 aliphatic heterocycles. The highest BCUT2D eigenvalue weighted by Gasteiger charge is 2.11. The molecular formula is C17H17N3. The second-order valence-electron chi connectivity index (χ2n) is 5.07. The van der Waals surface area contributed by atoms with Gasteiger partial charge in [0.05, 0.1) is 12.3 Å². The standard InChI is InChI=1S/C17H17N3/c1-12-3-7-14(8-4-12)16-11-18-17(20-19-16)15-9-5-13(2)6-10-15/h3-10H,11H2,1-2H3,(H,18,20). The number of rotatable bonds is 2. The summed E-state index contributed by atoms with van der Waals surface area (Å²) < 4.78 is 0. The van der Waals surface area contributed by atoms with Crippen LogP contribution in [0.15, 0.2) is 58.6 Å². The average molecular weight is 263 g/mol. The van der Waals surface area contributed by atoms with Crippen LogP contribution in [0.2, 0.25) is 0 Å². The predicted octanol–water partition coefficient (Wildman–Crippen LogP) is 3.06. The third kappa shape index (κ3) is 2.62. The number of nitrogens with zero attached hydrogens (tertiary/aromatic N) is 2. The summed E-state index contributed by atoms with van der Waals surface area (Å²) >= 11 is 0. The van der Waals surface area contributed by atoms with Crippen LogP contribution in [0, 0.1) is 13.8 Å². The maximum atomic E-state index is 4.58. The summed E-state index contributed by atoms with van der Waals surface area (Å²) in [5, 5.41) is 4.45. The number of aliphatic imine (C=N–C) groups is 1. The van der Waals surface area contributed by atoms with E-state index in [1.54, 1.807) is 0 Å². The van der Waals surface area contributed by atoms with Crippen LogP contribution >= 0.6 is 0 Å². The molecule has 1 aliphatic rings. The molecule has 20 heavy (non-hydrogen) atoms. The summed E-state index contributed by atoms with van der Waals surface area (Å²) in [5.74, 6) is 0.834. The maximum absolute atomic E-state index is 4.58. The van der Waals surface area contributed by atoms with Gasteiger partial charge in [-0.1, -0.05) is 59.7 Å². The Kier molecular flexibility index (Phi) is 3.33. The van der Waals surface area contributed by atoms with Gasteiger partial charge in [-0.25, -0.2) is 0 Å². The lowest BCUT2D eigenvalue weighted by Crippen LogP contribution is -2.28. The van der Waals surface area contributed by atoms with Crippen molar-refractivity contribution in [2.75, 3.05) is 6.54 Å². The summed E-state index contributed by atoms with van der Waals surface area (Å²) in [6.07, 6.45) is 0. The summed E-state index contributed by atoms with van der Waals surface area (Å²) in [5.41, 5.74) is 8.72. The lowest BCUT2D eigenvalue weighted by atomic mass is 10.1. The van der Waals surface area contributed by atoms with Crippen LogP contribution in [0.4, 0.5) is 0 Å². The number of hydrazone groups is 1. The highest BCUT2D eigenvalue weighted by Crippen LogP contribution is 2.09. The number of aryl methyl sites for hydroxylation is 2. The Bertz CT molecular complexity index is 603. The molecular weight excluding hydrogens is 246 g/mol. The highest BCUT2D eigenvalue weighted by atomic mass is 15.3. The van der Waals surface area contributed by atoms with Gasteiger partial charge < -0.3 is 0 Å². The molecule has 0 unspecified atom stereocenters. The smallest absolute Gasteiger partial charge is 0.149 e. The fourth-order valence-electron chi connectivity index (χ4n) is 2.11. The first-order valence-corrected chi connectivity index (χ1v) is 6.73. The molecule has 0 fully saturated rings. The van der Waals surface area contributed by atoms with Crippen molar-refractivity contribution in [3.05, 3.63) is 70.8 Å². The van der Waals surface area contributed by atoms with Crippen molar-refractivity contribution in [2.24, 2.45) is 10.1 Å². The van der Waals surface area contributed by atoms with Crippen LogP contribution < -0.4 is 5.43 Å². The minimum absolute atomic E-state index is 0.610. The lowest BCUT2D eigenvalue weighted by molar-refractivity contribution is 0.968. The van der Waals surface area contributed by atoms with E-state index in [2.05, 4.69) is 77.9 Å². The van der Waals surface area contributed by atoms with Crippen LogP contribution in [0.5, 0.6) is 0 Å². The fourth-order valence-corrected chi connectivity index (χ4v) is 2.11. The average Bonchev–Trinajstić information content (AvgIpc) is 2.49. The Morgan fingerprint density at radius 1 is 0.800 bits per heavy atom. The van der Waals surface area contributed by atoms with Gasteiger partial charge >= 0.3 is 0 Å². The zero-order chi connectivity index (χ0) is 13.9. The first-order chi connectivity index (χ1) is 9.72. The Hall–Kier alpha value is -2.42. The van der Waals surface area contributed by atoms with Crippen LogP contribution in [-0.2, 0) is 0 Å². The molecule has 0 atom stereocenters. The van der Waals surface area contributed by atoms with Crippen LogP contribution in [0.3, 0.4) is 0 Å². The molecule has 0 aliphatic carbocycles. The van der Waals surface area contributed by atoms with E-state index in [1.165, 1.54) is 11.1 Å². The lowest BCUT2D eigenvalue weighted by Gasteiger charge is -2.14. The SMILES string of the molecule is Cc1ccc(C2=NNC(c3ccc(C)cc3)=NC2)cc1. The summed E-state index contributed by atoms with van der Waals surface area (Å²) in [6, 6.07) is 16.6. The van der Waals surface area contributed by atoms with Gasteiger partial charge in [0.15, 0.2) is 0 Å². The Labute approximate surface area is 119 Å². The summed E-state index contributed by atoms with van der Waals surface area (Å²) in [7, 11) is 0. The molecule has 1 N–H and O–H groups in total. The second kappa shape index (κ2) is 5.29. The molecule has 3 nitrogen and oxygen atoms in total. The summed E-state index contributed by atoms with van der Waals surface area (Å²) in [4.78, 5) is 4.58. The normalized spacial score (nSPS) is 14.3. The minimum atomic E-state index is 0.610. The van der Waals surface area contributed by atoms with E-state index in [4.69, 9.17) is 0 Å². The van der Waals surface area contributed by atoms with E-state index in [1.807, 2.05) is 0 Å². The topological polar surface area (TPSA) is 36.8 Å². The first kappa shape index (κ1) is 12.6. The molecule has 0 radical (unpaired) electrons. The van der Waals surface area contributed by atoms with E-state index in [0.29, 0.717) is 6.54 Å². The molecule has 0 amide bonds. The minimum Gasteiger partial charge on any atom is -0.261 e. The molecule has 100 valence electrons. The zero-order valence-electron chi connectivity index (χ0n) is 11.7. The molecule has 0 saturated carbocycles. The van der Waals surface area contributed by atoms with Crippen LogP contribution in [0.25, 0.3) is 0 Å². The molecule has 3 rings (SSSR count). The van der Waals surface area contributed by atoms with Crippen molar-refractivity contribution in [1.82, 2.24) is 5.43 Å². The summed E-state index contributed by atoms with van der Waals surface area (Å²) in [6.45, 7) is 4.77. The third-order valence-corrected chi connectivity index (χ3v) is 3.39. The molecule has 0 aromatic heterocycles. The van der Waals surface area contributed by atoms with Crippen molar-refractivity contribution >= 4 is 11.5 Å². The van der Waals surface area contributed by atoms with E-state index in [9.17, 15) is 0 Å². The third-order valence-electron chi connectivity index (χ3n) is 3.39. The van der Waals surface area contributed by atoms with Gasteiger partial charge in [-0.15, -0.1) is 0 Å². The van der Waals surface area contributed by atoms with Crippen LogP contribution in [0.1, 0.15) is 22.3 Å².